The second kappa shape index (κ2) is 5.71. The fraction of sp³-hybridized carbons (Fsp3) is 0.857. The van der Waals surface area contributed by atoms with Gasteiger partial charge in [0, 0.05) is 0 Å². The van der Waals surface area contributed by atoms with E-state index in [9.17, 15) is 10.1 Å². The van der Waals surface area contributed by atoms with Crippen molar-refractivity contribution in [1.29, 1.82) is 5.26 Å². The van der Waals surface area contributed by atoms with E-state index in [2.05, 4.69) is 37.5 Å². The molecule has 1 unspecified atom stereocenters. The predicted molar refractivity (Wildman–Crippen MR) is 71.9 cm³/mol. The Morgan fingerprint density at radius 1 is 1.39 bits per heavy atom. The van der Waals surface area contributed by atoms with E-state index in [0.717, 1.165) is 32.1 Å². The van der Waals surface area contributed by atoms with Crippen LogP contribution < -0.4 is 10.6 Å². The van der Waals surface area contributed by atoms with E-state index in [4.69, 9.17) is 0 Å². The summed E-state index contributed by atoms with van der Waals surface area (Å²) in [4.78, 5) is 12.2. The standard InChI is InChI=1S/C14H25N3O/c1-13(2,3)9-11(16-4)12(18)17-14(10-15)7-5-6-8-14/h11,16H,5-9H2,1-4H3,(H,17,18). The van der Waals surface area contributed by atoms with E-state index >= 15 is 0 Å². The lowest BCUT2D eigenvalue weighted by molar-refractivity contribution is -0.125. The van der Waals surface area contributed by atoms with Gasteiger partial charge in [-0.3, -0.25) is 4.79 Å². The minimum Gasteiger partial charge on any atom is -0.336 e. The van der Waals surface area contributed by atoms with Gasteiger partial charge in [0.2, 0.25) is 5.91 Å². The highest BCUT2D eigenvalue weighted by Crippen LogP contribution is 2.29. The maximum atomic E-state index is 12.2. The van der Waals surface area contributed by atoms with Crippen molar-refractivity contribution in [3.05, 3.63) is 0 Å². The highest BCUT2D eigenvalue weighted by atomic mass is 16.2. The largest absolute Gasteiger partial charge is 0.336 e. The van der Waals surface area contributed by atoms with Gasteiger partial charge in [0.1, 0.15) is 5.54 Å². The van der Waals surface area contributed by atoms with Crippen molar-refractivity contribution in [2.24, 2.45) is 5.41 Å². The molecular weight excluding hydrogens is 226 g/mol. The summed E-state index contributed by atoms with van der Waals surface area (Å²) in [5.41, 5.74) is -0.537. The maximum absolute atomic E-state index is 12.2. The van der Waals surface area contributed by atoms with Gasteiger partial charge in [-0.15, -0.1) is 0 Å². The molecule has 0 aromatic rings. The number of nitrogens with one attached hydrogen (secondary N) is 2. The third kappa shape index (κ3) is 3.99. The first-order valence-corrected chi connectivity index (χ1v) is 6.72. The van der Waals surface area contributed by atoms with Crippen molar-refractivity contribution in [3.63, 3.8) is 0 Å². The van der Waals surface area contributed by atoms with E-state index in [0.29, 0.717) is 0 Å². The molecule has 0 aliphatic heterocycles. The van der Waals surface area contributed by atoms with E-state index in [1.54, 1.807) is 7.05 Å². The van der Waals surface area contributed by atoms with Gasteiger partial charge in [-0.25, -0.2) is 0 Å². The molecular formula is C14H25N3O. The SMILES string of the molecule is CNC(CC(C)(C)C)C(=O)NC1(C#N)CCCC1. The zero-order valence-electron chi connectivity index (χ0n) is 12.0. The predicted octanol–water partition coefficient (Wildman–Crippen LogP) is 1.96. The Bertz CT molecular complexity index is 332. The zero-order chi connectivity index (χ0) is 13.8. The Hall–Kier alpha value is -1.08. The van der Waals surface area contributed by atoms with Crippen LogP contribution in [0.15, 0.2) is 0 Å². The summed E-state index contributed by atoms with van der Waals surface area (Å²) < 4.78 is 0. The summed E-state index contributed by atoms with van der Waals surface area (Å²) in [6.07, 6.45) is 4.37. The molecule has 0 heterocycles. The highest BCUT2D eigenvalue weighted by Gasteiger charge is 2.37. The monoisotopic (exact) mass is 251 g/mol. The van der Waals surface area contributed by atoms with Crippen LogP contribution >= 0.6 is 0 Å². The van der Waals surface area contributed by atoms with Gasteiger partial charge in [-0.05, 0) is 44.6 Å². The van der Waals surface area contributed by atoms with E-state index < -0.39 is 5.54 Å². The number of carbonyl (C=O) groups is 1. The number of carbonyl (C=O) groups excluding carboxylic acids is 1. The van der Waals surface area contributed by atoms with Gasteiger partial charge in [0.25, 0.3) is 0 Å². The molecule has 2 N–H and O–H groups in total. The number of rotatable bonds is 4. The van der Waals surface area contributed by atoms with Gasteiger partial charge in [-0.1, -0.05) is 20.8 Å². The molecule has 1 rings (SSSR count). The molecule has 0 saturated heterocycles. The molecule has 0 radical (unpaired) electrons. The van der Waals surface area contributed by atoms with Gasteiger partial charge in [0.05, 0.1) is 12.1 Å². The molecule has 0 aromatic carbocycles. The zero-order valence-corrected chi connectivity index (χ0v) is 12.0. The van der Waals surface area contributed by atoms with Crippen molar-refractivity contribution >= 4 is 5.91 Å². The number of nitrogens with zero attached hydrogens (tertiary/aromatic N) is 1. The Morgan fingerprint density at radius 2 is 1.94 bits per heavy atom. The van der Waals surface area contributed by atoms with E-state index in [1.807, 2.05) is 0 Å². The number of nitriles is 1. The molecule has 4 heteroatoms. The molecule has 1 atom stereocenters. The van der Waals surface area contributed by atoms with E-state index in [1.165, 1.54) is 0 Å². The lowest BCUT2D eigenvalue weighted by Gasteiger charge is -2.29. The van der Waals surface area contributed by atoms with Crippen LogP contribution in [-0.4, -0.2) is 24.5 Å². The molecule has 1 saturated carbocycles. The maximum Gasteiger partial charge on any atom is 0.238 e. The minimum absolute atomic E-state index is 0.0455. The fourth-order valence-corrected chi connectivity index (χ4v) is 2.50. The van der Waals surface area contributed by atoms with Crippen LogP contribution in [0.3, 0.4) is 0 Å². The van der Waals surface area contributed by atoms with Gasteiger partial charge in [0.15, 0.2) is 0 Å². The summed E-state index contributed by atoms with van der Waals surface area (Å²) in [7, 11) is 1.80. The van der Waals surface area contributed by atoms with Crippen LogP contribution in [0.1, 0.15) is 52.9 Å². The van der Waals surface area contributed by atoms with Gasteiger partial charge in [-0.2, -0.15) is 5.26 Å². The molecule has 0 spiro atoms. The Morgan fingerprint density at radius 3 is 2.33 bits per heavy atom. The topological polar surface area (TPSA) is 64.9 Å². The van der Waals surface area contributed by atoms with Gasteiger partial charge >= 0.3 is 0 Å². The molecule has 1 fully saturated rings. The first-order chi connectivity index (χ1) is 8.32. The number of likely N-dealkylation sites (N-methyl/N-ethyl adjacent to an activating group) is 1. The summed E-state index contributed by atoms with van der Waals surface area (Å²) in [5.74, 6) is -0.0455. The first kappa shape index (κ1) is 15.0. The van der Waals surface area contributed by atoms with Crippen molar-refractivity contribution in [2.45, 2.75) is 64.5 Å². The number of amides is 1. The summed E-state index contributed by atoms with van der Waals surface area (Å²) in [5, 5.41) is 15.3. The normalized spacial score (nSPS) is 20.2. The quantitative estimate of drug-likeness (QED) is 0.802. The average molecular weight is 251 g/mol. The first-order valence-electron chi connectivity index (χ1n) is 6.72. The minimum atomic E-state index is -0.621. The Kier molecular flexibility index (Phi) is 4.75. The molecule has 18 heavy (non-hydrogen) atoms. The van der Waals surface area contributed by atoms with Gasteiger partial charge < -0.3 is 10.6 Å². The van der Waals surface area contributed by atoms with Crippen LogP contribution in [0.5, 0.6) is 0 Å². The van der Waals surface area contributed by atoms with Crippen molar-refractivity contribution in [3.8, 4) is 6.07 Å². The summed E-state index contributed by atoms with van der Waals surface area (Å²) in [6.45, 7) is 6.33. The average Bonchev–Trinajstić information content (AvgIpc) is 2.73. The van der Waals surface area contributed by atoms with Crippen molar-refractivity contribution in [2.75, 3.05) is 7.05 Å². The number of hydrogen-bond acceptors (Lipinski definition) is 3. The summed E-state index contributed by atoms with van der Waals surface area (Å²) >= 11 is 0. The Labute approximate surface area is 110 Å². The van der Waals surface area contributed by atoms with Crippen LogP contribution in [0.25, 0.3) is 0 Å². The van der Waals surface area contributed by atoms with Crippen LogP contribution in [0, 0.1) is 16.7 Å². The van der Waals surface area contributed by atoms with Crippen LogP contribution in [-0.2, 0) is 4.79 Å². The van der Waals surface area contributed by atoms with Crippen LogP contribution in [0.2, 0.25) is 0 Å². The lowest BCUT2D eigenvalue weighted by Crippen LogP contribution is -2.53. The molecule has 1 aliphatic rings. The van der Waals surface area contributed by atoms with Crippen molar-refractivity contribution in [1.82, 2.24) is 10.6 Å². The summed E-state index contributed by atoms with van der Waals surface area (Å²) in [6, 6.07) is 2.06. The molecule has 1 amide bonds. The second-order valence-electron chi connectivity index (χ2n) is 6.50. The molecule has 0 aromatic heterocycles. The number of hydrogen-bond donors (Lipinski definition) is 2. The lowest BCUT2D eigenvalue weighted by atomic mass is 9.87. The molecule has 4 nitrogen and oxygen atoms in total. The molecule has 102 valence electrons. The van der Waals surface area contributed by atoms with Crippen LogP contribution in [0.4, 0.5) is 0 Å². The fourth-order valence-electron chi connectivity index (χ4n) is 2.50. The smallest absolute Gasteiger partial charge is 0.238 e. The molecule has 1 aliphatic carbocycles. The third-order valence-electron chi connectivity index (χ3n) is 3.52. The third-order valence-corrected chi connectivity index (χ3v) is 3.52. The second-order valence-corrected chi connectivity index (χ2v) is 6.50. The highest BCUT2D eigenvalue weighted by molar-refractivity contribution is 5.83. The van der Waals surface area contributed by atoms with Crippen molar-refractivity contribution < 1.29 is 4.79 Å². The Balaban J connectivity index is 2.65. The van der Waals surface area contributed by atoms with E-state index in [-0.39, 0.29) is 17.4 Å². The molecule has 0 bridgehead atoms.